The number of methoxy groups -OCH3 is 1. The number of ether oxygens (including phenoxy) is 3. The minimum Gasteiger partial charge on any atom is -0.493 e. The van der Waals surface area contributed by atoms with Gasteiger partial charge < -0.3 is 19.5 Å². The Morgan fingerprint density at radius 1 is 0.975 bits per heavy atom. The number of hydrogen-bond donors (Lipinski definition) is 1. The van der Waals surface area contributed by atoms with Crippen molar-refractivity contribution in [3.8, 4) is 28.6 Å². The van der Waals surface area contributed by atoms with Gasteiger partial charge in [0.25, 0.3) is 0 Å². The van der Waals surface area contributed by atoms with E-state index in [1.54, 1.807) is 18.9 Å². The van der Waals surface area contributed by atoms with Gasteiger partial charge in [-0.3, -0.25) is 0 Å². The molecule has 0 aliphatic carbocycles. The van der Waals surface area contributed by atoms with Crippen molar-refractivity contribution in [3.63, 3.8) is 0 Å². The number of hydrogen-bond acceptors (Lipinski definition) is 8. The van der Waals surface area contributed by atoms with Gasteiger partial charge in [-0.05, 0) is 30.2 Å². The predicted octanol–water partition coefficient (Wildman–Crippen LogP) is 8.35. The lowest BCUT2D eigenvalue weighted by Crippen LogP contribution is -2.17. The molecule has 0 bridgehead atoms. The van der Waals surface area contributed by atoms with Crippen molar-refractivity contribution >= 4 is 29.1 Å². The van der Waals surface area contributed by atoms with Crippen LogP contribution in [0.1, 0.15) is 56.4 Å². The highest BCUT2D eigenvalue weighted by molar-refractivity contribution is 7.99. The van der Waals surface area contributed by atoms with Crippen LogP contribution >= 0.6 is 23.4 Å². The summed E-state index contributed by atoms with van der Waals surface area (Å²) in [6.07, 6.45) is 5.51. The summed E-state index contributed by atoms with van der Waals surface area (Å²) in [6.45, 7) is 2.60. The van der Waals surface area contributed by atoms with E-state index in [4.69, 9.17) is 30.8 Å². The molecule has 1 aliphatic rings. The molecule has 9 heteroatoms. The standard InChI is InChI=1S/C31H33ClN4O3S/c1-3-4-5-6-12-17-40-31-34-30-27(35-36-31)23-15-10-11-16-25(23)33-29(39-30)22-18-24(32)28(26(19-22)37-2)38-20-21-13-8-7-9-14-21/h7-11,13-16,18-19,29,33H,3-6,12,17,20H2,1-2H3/t29-/m1/s1. The van der Waals surface area contributed by atoms with Crippen molar-refractivity contribution in [2.45, 2.75) is 57.0 Å². The first-order valence-corrected chi connectivity index (χ1v) is 15.0. The van der Waals surface area contributed by atoms with E-state index < -0.39 is 6.23 Å². The number of nitrogens with one attached hydrogen (secondary N) is 1. The topological polar surface area (TPSA) is 78.4 Å². The monoisotopic (exact) mass is 576 g/mol. The van der Waals surface area contributed by atoms with Crippen LogP contribution in [0, 0.1) is 0 Å². The van der Waals surface area contributed by atoms with Crippen molar-refractivity contribution in [1.82, 2.24) is 15.2 Å². The number of nitrogens with zero attached hydrogens (tertiary/aromatic N) is 3. The maximum atomic E-state index is 6.74. The first-order chi connectivity index (χ1) is 19.7. The summed E-state index contributed by atoms with van der Waals surface area (Å²) >= 11 is 8.35. The molecule has 40 heavy (non-hydrogen) atoms. The zero-order chi connectivity index (χ0) is 27.7. The van der Waals surface area contributed by atoms with Gasteiger partial charge in [-0.2, -0.15) is 4.98 Å². The van der Waals surface area contributed by atoms with Crippen LogP contribution in [0.5, 0.6) is 17.4 Å². The minimum atomic E-state index is -0.597. The van der Waals surface area contributed by atoms with Gasteiger partial charge in [0.1, 0.15) is 6.61 Å². The molecule has 5 rings (SSSR count). The van der Waals surface area contributed by atoms with Crippen molar-refractivity contribution in [3.05, 3.63) is 82.9 Å². The smallest absolute Gasteiger partial charge is 0.247 e. The predicted molar refractivity (Wildman–Crippen MR) is 161 cm³/mol. The van der Waals surface area contributed by atoms with Crippen LogP contribution in [0.25, 0.3) is 11.3 Å². The maximum absolute atomic E-state index is 6.74. The fourth-order valence-electron chi connectivity index (χ4n) is 4.49. The van der Waals surface area contributed by atoms with Gasteiger partial charge in [0, 0.05) is 22.6 Å². The van der Waals surface area contributed by atoms with Crippen LogP contribution in [0.2, 0.25) is 5.02 Å². The molecule has 1 atom stereocenters. The normalized spacial score (nSPS) is 13.8. The quantitative estimate of drug-likeness (QED) is 0.133. The van der Waals surface area contributed by atoms with E-state index in [-0.39, 0.29) is 0 Å². The largest absolute Gasteiger partial charge is 0.493 e. The summed E-state index contributed by atoms with van der Waals surface area (Å²) in [4.78, 5) is 4.77. The number of aromatic nitrogens is 3. The van der Waals surface area contributed by atoms with E-state index in [1.807, 2.05) is 66.7 Å². The molecular weight excluding hydrogens is 544 g/mol. The lowest BCUT2D eigenvalue weighted by Gasteiger charge is -2.21. The Morgan fingerprint density at radius 2 is 1.77 bits per heavy atom. The van der Waals surface area contributed by atoms with Crippen molar-refractivity contribution in [2.24, 2.45) is 0 Å². The van der Waals surface area contributed by atoms with E-state index in [1.165, 1.54) is 25.7 Å². The number of anilines is 1. The molecule has 3 aromatic carbocycles. The van der Waals surface area contributed by atoms with Crippen LogP contribution in [0.15, 0.2) is 71.9 Å². The maximum Gasteiger partial charge on any atom is 0.247 e. The molecule has 4 aromatic rings. The van der Waals surface area contributed by atoms with Crippen molar-refractivity contribution in [2.75, 3.05) is 18.2 Å². The summed E-state index contributed by atoms with van der Waals surface area (Å²) in [5.41, 5.74) is 4.13. The van der Waals surface area contributed by atoms with Crippen LogP contribution in [0.3, 0.4) is 0 Å². The first kappa shape index (κ1) is 28.1. The van der Waals surface area contributed by atoms with Crippen LogP contribution in [-0.2, 0) is 6.61 Å². The molecule has 1 aliphatic heterocycles. The molecule has 2 heterocycles. The van der Waals surface area contributed by atoms with E-state index in [0.29, 0.717) is 39.9 Å². The number of rotatable bonds is 12. The molecule has 1 aromatic heterocycles. The molecule has 208 valence electrons. The Bertz CT molecular complexity index is 1420. The lowest BCUT2D eigenvalue weighted by molar-refractivity contribution is 0.224. The lowest BCUT2D eigenvalue weighted by atomic mass is 10.1. The van der Waals surface area contributed by atoms with Crippen LogP contribution < -0.4 is 19.5 Å². The summed E-state index contributed by atoms with van der Waals surface area (Å²) in [5, 5.41) is 13.4. The van der Waals surface area contributed by atoms with Crippen molar-refractivity contribution < 1.29 is 14.2 Å². The molecule has 0 fully saturated rings. The van der Waals surface area contributed by atoms with Crippen molar-refractivity contribution in [1.29, 1.82) is 0 Å². The SMILES string of the molecule is CCCCCCCSc1nnc2c(n1)O[C@H](c1cc(Cl)c(OCc3ccccc3)c(OC)c1)Nc1ccccc1-2. The fourth-order valence-corrected chi connectivity index (χ4v) is 5.54. The Morgan fingerprint density at radius 3 is 2.60 bits per heavy atom. The van der Waals surface area contributed by atoms with Crippen LogP contribution in [0.4, 0.5) is 5.69 Å². The Labute approximate surface area is 244 Å². The van der Waals surface area contributed by atoms with Gasteiger partial charge in [0.2, 0.25) is 11.0 Å². The number of thioether (sulfide) groups is 1. The second-order valence-electron chi connectivity index (χ2n) is 9.51. The average molecular weight is 577 g/mol. The van der Waals surface area contributed by atoms with Gasteiger partial charge in [-0.1, -0.05) is 105 Å². The van der Waals surface area contributed by atoms with E-state index in [2.05, 4.69) is 22.4 Å². The number of benzene rings is 3. The van der Waals surface area contributed by atoms with Crippen LogP contribution in [-0.4, -0.2) is 28.0 Å². The fraction of sp³-hybridized carbons (Fsp3) is 0.323. The molecule has 0 amide bonds. The van der Waals surface area contributed by atoms with Gasteiger partial charge in [0.05, 0.1) is 12.1 Å². The van der Waals surface area contributed by atoms with Gasteiger partial charge in [-0.25, -0.2) is 0 Å². The molecular formula is C31H33ClN4O3S. The second-order valence-corrected chi connectivity index (χ2v) is 11.0. The number of unbranched alkanes of at least 4 members (excludes halogenated alkanes) is 4. The summed E-state index contributed by atoms with van der Waals surface area (Å²) < 4.78 is 18.2. The zero-order valence-corrected chi connectivity index (χ0v) is 24.3. The highest BCUT2D eigenvalue weighted by Gasteiger charge is 2.27. The highest BCUT2D eigenvalue weighted by atomic mass is 35.5. The van der Waals surface area contributed by atoms with E-state index in [9.17, 15) is 0 Å². The molecule has 0 radical (unpaired) electrons. The number of fused-ring (bicyclic) bond motifs is 3. The number of halogens is 1. The Hall–Kier alpha value is -3.49. The summed E-state index contributed by atoms with van der Waals surface area (Å²) in [6, 6.07) is 21.5. The zero-order valence-electron chi connectivity index (χ0n) is 22.7. The van der Waals surface area contributed by atoms with E-state index >= 15 is 0 Å². The molecule has 0 saturated heterocycles. The summed E-state index contributed by atoms with van der Waals surface area (Å²) in [5.74, 6) is 2.36. The van der Waals surface area contributed by atoms with Gasteiger partial charge in [-0.15, -0.1) is 10.2 Å². The number of para-hydroxylation sites is 1. The third-order valence-corrected chi connectivity index (χ3v) is 7.80. The molecule has 7 nitrogen and oxygen atoms in total. The first-order valence-electron chi connectivity index (χ1n) is 13.6. The van der Waals surface area contributed by atoms with Gasteiger partial charge in [0.15, 0.2) is 23.4 Å². The third kappa shape index (κ3) is 6.80. The molecule has 1 N–H and O–H groups in total. The molecule has 0 unspecified atom stereocenters. The minimum absolute atomic E-state index is 0.372. The Balaban J connectivity index is 1.40. The summed E-state index contributed by atoms with van der Waals surface area (Å²) in [7, 11) is 1.60. The molecule has 0 saturated carbocycles. The average Bonchev–Trinajstić information content (AvgIpc) is 3.15. The van der Waals surface area contributed by atoms with Gasteiger partial charge >= 0.3 is 0 Å². The third-order valence-electron chi connectivity index (χ3n) is 6.59. The second kappa shape index (κ2) is 13.7. The van der Waals surface area contributed by atoms with E-state index in [0.717, 1.165) is 34.6 Å². The molecule has 0 spiro atoms. The Kier molecular flexibility index (Phi) is 9.63. The highest BCUT2D eigenvalue weighted by Crippen LogP contribution is 2.43.